The second-order valence-corrected chi connectivity index (χ2v) is 7.31. The van der Waals surface area contributed by atoms with Crippen LogP contribution in [0, 0.1) is 5.92 Å². The molecule has 1 N–H and O–H groups in total. The van der Waals surface area contributed by atoms with E-state index in [9.17, 15) is 14.7 Å². The van der Waals surface area contributed by atoms with Gasteiger partial charge in [-0.15, -0.1) is 0 Å². The molecule has 150 valence electrons. The highest BCUT2D eigenvalue weighted by atomic mass is 35.5. The van der Waals surface area contributed by atoms with Crippen LogP contribution in [0.1, 0.15) is 32.9 Å². The van der Waals surface area contributed by atoms with Gasteiger partial charge in [0.2, 0.25) is 0 Å². The van der Waals surface area contributed by atoms with Crippen molar-refractivity contribution in [1.29, 1.82) is 0 Å². The number of imidazole rings is 1. The van der Waals surface area contributed by atoms with Gasteiger partial charge >= 0.3 is 11.9 Å². The zero-order valence-electron chi connectivity index (χ0n) is 15.2. The fraction of sp³-hybridized carbons (Fsp3) is 0.588. The topological polar surface area (TPSA) is 126 Å². The smallest absolute Gasteiger partial charge is 0.303 e. The van der Waals surface area contributed by atoms with E-state index in [4.69, 9.17) is 25.8 Å². The summed E-state index contributed by atoms with van der Waals surface area (Å²) < 4.78 is 18.4. The summed E-state index contributed by atoms with van der Waals surface area (Å²) in [6.45, 7) is 2.50. The van der Waals surface area contributed by atoms with Gasteiger partial charge in [0.05, 0.1) is 12.4 Å². The molecule has 0 spiro atoms. The Balaban J connectivity index is 1.75. The van der Waals surface area contributed by atoms with Crippen LogP contribution in [0.25, 0.3) is 11.2 Å². The summed E-state index contributed by atoms with van der Waals surface area (Å²) in [6.07, 6.45) is -0.186. The van der Waals surface area contributed by atoms with Gasteiger partial charge in [-0.2, -0.15) is 0 Å². The normalized spacial score (nSPS) is 28.3. The first kappa shape index (κ1) is 19.0. The number of carbonyl (C=O) groups is 2. The standard InChI is InChI=1S/C17H19ClN4O6/c1-7(23)26-13-12(11(25)9-3-4-9)28-17(14(13)27-8(2)24)22-6-21-10-15(18)19-5-20-16(10)22/h5-6,9,11-14,17,25H,3-4H2,1-2H3/t11?,12-,13-,14-,17-/m1/s1. The van der Waals surface area contributed by atoms with Gasteiger partial charge in [0.25, 0.3) is 0 Å². The predicted molar refractivity (Wildman–Crippen MR) is 94.1 cm³/mol. The monoisotopic (exact) mass is 410 g/mol. The highest BCUT2D eigenvalue weighted by Crippen LogP contribution is 2.43. The van der Waals surface area contributed by atoms with E-state index in [1.165, 1.54) is 31.1 Å². The molecule has 10 nitrogen and oxygen atoms in total. The first-order valence-electron chi connectivity index (χ1n) is 8.88. The van der Waals surface area contributed by atoms with Gasteiger partial charge in [-0.3, -0.25) is 14.2 Å². The van der Waals surface area contributed by atoms with E-state index < -0.39 is 42.6 Å². The minimum atomic E-state index is -0.994. The Labute approximate surface area is 164 Å². The van der Waals surface area contributed by atoms with Gasteiger partial charge in [-0.1, -0.05) is 11.6 Å². The first-order chi connectivity index (χ1) is 13.4. The second-order valence-electron chi connectivity index (χ2n) is 6.96. The third-order valence-electron chi connectivity index (χ3n) is 4.86. The fourth-order valence-corrected chi connectivity index (χ4v) is 3.70. The van der Waals surface area contributed by atoms with Crippen molar-refractivity contribution in [1.82, 2.24) is 19.5 Å². The lowest BCUT2D eigenvalue weighted by Crippen LogP contribution is -2.44. The molecule has 2 aliphatic rings. The minimum Gasteiger partial charge on any atom is -0.455 e. The Bertz CT molecular complexity index is 916. The Morgan fingerprint density at radius 1 is 1.21 bits per heavy atom. The highest BCUT2D eigenvalue weighted by molar-refractivity contribution is 6.33. The van der Waals surface area contributed by atoms with Crippen molar-refractivity contribution in [2.24, 2.45) is 5.92 Å². The SMILES string of the molecule is CC(=O)O[C@@H]1[C@H](OC(C)=O)[C@@H](C(O)C2CC2)O[C@H]1n1cnc2c(Cl)ncnc21. The lowest BCUT2D eigenvalue weighted by Gasteiger charge is -2.25. The van der Waals surface area contributed by atoms with Gasteiger partial charge in [-0.05, 0) is 18.8 Å². The molecule has 1 unspecified atom stereocenters. The number of nitrogens with zero attached hydrogens (tertiary/aromatic N) is 4. The maximum absolute atomic E-state index is 11.7. The number of carbonyl (C=O) groups excluding carboxylic acids is 2. The molecule has 0 radical (unpaired) electrons. The molecule has 1 aliphatic heterocycles. The average molecular weight is 411 g/mol. The quantitative estimate of drug-likeness (QED) is 0.567. The number of fused-ring (bicyclic) bond motifs is 1. The van der Waals surface area contributed by atoms with Gasteiger partial charge in [-0.25, -0.2) is 15.0 Å². The second kappa shape index (κ2) is 7.26. The number of aromatic nitrogens is 4. The van der Waals surface area contributed by atoms with Crippen molar-refractivity contribution in [3.8, 4) is 0 Å². The van der Waals surface area contributed by atoms with E-state index >= 15 is 0 Å². The van der Waals surface area contributed by atoms with Crippen LogP contribution in [-0.2, 0) is 23.8 Å². The van der Waals surface area contributed by atoms with E-state index in [0.717, 1.165) is 12.8 Å². The minimum absolute atomic E-state index is 0.0519. The molecule has 5 atom stereocenters. The van der Waals surface area contributed by atoms with Crippen molar-refractivity contribution in [3.05, 3.63) is 17.8 Å². The Morgan fingerprint density at radius 2 is 1.89 bits per heavy atom. The van der Waals surface area contributed by atoms with Crippen LogP contribution in [0.4, 0.5) is 0 Å². The first-order valence-corrected chi connectivity index (χ1v) is 9.25. The van der Waals surface area contributed by atoms with Crippen molar-refractivity contribution in [2.45, 2.75) is 57.3 Å². The average Bonchev–Trinajstić information content (AvgIpc) is 3.31. The van der Waals surface area contributed by atoms with E-state index in [2.05, 4.69) is 15.0 Å². The summed E-state index contributed by atoms with van der Waals surface area (Å²) in [6, 6.07) is 0. The highest BCUT2D eigenvalue weighted by Gasteiger charge is 2.55. The van der Waals surface area contributed by atoms with Gasteiger partial charge in [0.15, 0.2) is 29.2 Å². The number of ether oxygens (including phenoxy) is 3. The van der Waals surface area contributed by atoms with Gasteiger partial charge in [0.1, 0.15) is 17.9 Å². The molecule has 4 rings (SSSR count). The molecule has 1 saturated carbocycles. The van der Waals surface area contributed by atoms with Gasteiger partial charge < -0.3 is 19.3 Å². The number of hydrogen-bond donors (Lipinski definition) is 1. The lowest BCUT2D eigenvalue weighted by atomic mass is 10.0. The van der Waals surface area contributed by atoms with Crippen LogP contribution < -0.4 is 0 Å². The lowest BCUT2D eigenvalue weighted by molar-refractivity contribution is -0.166. The summed E-state index contributed by atoms with van der Waals surface area (Å²) in [7, 11) is 0. The molecule has 28 heavy (non-hydrogen) atoms. The van der Waals surface area contributed by atoms with E-state index in [1.807, 2.05) is 0 Å². The molecule has 0 bridgehead atoms. The number of esters is 2. The van der Waals surface area contributed by atoms with Crippen LogP contribution in [0.15, 0.2) is 12.7 Å². The largest absolute Gasteiger partial charge is 0.455 e. The molecule has 1 aliphatic carbocycles. The van der Waals surface area contributed by atoms with E-state index in [0.29, 0.717) is 11.2 Å². The number of halogens is 1. The van der Waals surface area contributed by atoms with Crippen LogP contribution in [0.5, 0.6) is 0 Å². The summed E-state index contributed by atoms with van der Waals surface area (Å²) in [4.78, 5) is 35.7. The third kappa shape index (κ3) is 3.43. The van der Waals surface area contributed by atoms with Gasteiger partial charge in [0, 0.05) is 13.8 Å². The Morgan fingerprint density at radius 3 is 2.54 bits per heavy atom. The molecular weight excluding hydrogens is 392 g/mol. The maximum Gasteiger partial charge on any atom is 0.303 e. The van der Waals surface area contributed by atoms with E-state index in [-0.39, 0.29) is 11.1 Å². The summed E-state index contributed by atoms with van der Waals surface area (Å²) >= 11 is 6.06. The van der Waals surface area contributed by atoms with E-state index in [1.54, 1.807) is 0 Å². The van der Waals surface area contributed by atoms with Crippen LogP contribution in [-0.4, -0.2) is 61.0 Å². The summed E-state index contributed by atoms with van der Waals surface area (Å²) in [5.41, 5.74) is 0.717. The molecule has 2 aromatic heterocycles. The van der Waals surface area contributed by atoms with Crippen LogP contribution in [0.2, 0.25) is 5.15 Å². The zero-order valence-corrected chi connectivity index (χ0v) is 15.9. The Hall–Kier alpha value is -2.30. The predicted octanol–water partition coefficient (Wildman–Crippen LogP) is 1.01. The molecule has 0 aromatic carbocycles. The molecule has 3 heterocycles. The molecule has 2 fully saturated rings. The third-order valence-corrected chi connectivity index (χ3v) is 5.14. The van der Waals surface area contributed by atoms with Crippen molar-refractivity contribution in [3.63, 3.8) is 0 Å². The molecule has 0 amide bonds. The number of aliphatic hydroxyl groups excluding tert-OH is 1. The zero-order chi connectivity index (χ0) is 20.0. The maximum atomic E-state index is 11.7. The molecule has 1 saturated heterocycles. The van der Waals surface area contributed by atoms with Crippen molar-refractivity contribution >= 4 is 34.7 Å². The number of aliphatic hydroxyl groups is 1. The Kier molecular flexibility index (Phi) is 4.94. The van der Waals surface area contributed by atoms with Crippen LogP contribution in [0.3, 0.4) is 0 Å². The summed E-state index contributed by atoms with van der Waals surface area (Å²) in [5.74, 6) is -1.09. The number of rotatable bonds is 5. The fourth-order valence-electron chi connectivity index (χ4n) is 3.52. The molecular formula is C17H19ClN4O6. The molecule has 2 aromatic rings. The van der Waals surface area contributed by atoms with Crippen LogP contribution >= 0.6 is 11.6 Å². The number of hydrogen-bond acceptors (Lipinski definition) is 9. The summed E-state index contributed by atoms with van der Waals surface area (Å²) in [5, 5.41) is 10.8. The van der Waals surface area contributed by atoms with Crippen molar-refractivity contribution in [2.75, 3.05) is 0 Å². The van der Waals surface area contributed by atoms with Crippen molar-refractivity contribution < 1.29 is 28.9 Å². The molecule has 11 heteroatoms.